The van der Waals surface area contributed by atoms with Crippen molar-refractivity contribution in [1.29, 1.82) is 0 Å². The number of aryl methyl sites for hydroxylation is 1. The number of hydrogen-bond donors (Lipinski definition) is 1. The Kier molecular flexibility index (Phi) is 12.9. The lowest BCUT2D eigenvalue weighted by atomic mass is 10.0. The maximum Gasteiger partial charge on any atom is 0.343 e. The topological polar surface area (TPSA) is 108 Å². The molecule has 0 saturated heterocycles. The van der Waals surface area contributed by atoms with Crippen LogP contribution < -0.4 is 14.2 Å². The average molecular weight is 587 g/mol. The van der Waals surface area contributed by atoms with Gasteiger partial charge in [-0.15, -0.1) is 0 Å². The smallest absolute Gasteiger partial charge is 0.343 e. The SMILES string of the molecule is C=C(CO)C(=O)Oc1ccc(-c2ccc(OC(=O)C(=C)COC)c(OC(=O)c3ccc(CCCCCCC)cc3)c2)cc1. The predicted molar refractivity (Wildman–Crippen MR) is 164 cm³/mol. The van der Waals surface area contributed by atoms with E-state index in [1.165, 1.54) is 38.9 Å². The zero-order valence-electron chi connectivity index (χ0n) is 24.7. The molecule has 3 aromatic carbocycles. The molecule has 3 aromatic rings. The van der Waals surface area contributed by atoms with Crippen LogP contribution in [0.4, 0.5) is 0 Å². The molecule has 0 fully saturated rings. The summed E-state index contributed by atoms with van der Waals surface area (Å²) in [4.78, 5) is 37.6. The molecule has 3 rings (SSSR count). The van der Waals surface area contributed by atoms with Crippen molar-refractivity contribution in [3.8, 4) is 28.4 Å². The molecular formula is C35H38O8. The van der Waals surface area contributed by atoms with Gasteiger partial charge < -0.3 is 24.1 Å². The van der Waals surface area contributed by atoms with Gasteiger partial charge in [0.2, 0.25) is 0 Å². The van der Waals surface area contributed by atoms with Gasteiger partial charge in [0, 0.05) is 7.11 Å². The molecule has 43 heavy (non-hydrogen) atoms. The van der Waals surface area contributed by atoms with E-state index >= 15 is 0 Å². The molecule has 0 atom stereocenters. The van der Waals surface area contributed by atoms with Crippen LogP contribution in [0.3, 0.4) is 0 Å². The van der Waals surface area contributed by atoms with Crippen molar-refractivity contribution in [3.63, 3.8) is 0 Å². The molecule has 8 heteroatoms. The Hall–Kier alpha value is -4.53. The van der Waals surface area contributed by atoms with E-state index in [0.717, 1.165) is 18.4 Å². The summed E-state index contributed by atoms with van der Waals surface area (Å²) in [5.74, 6) is -1.71. The van der Waals surface area contributed by atoms with Crippen molar-refractivity contribution in [1.82, 2.24) is 0 Å². The molecular weight excluding hydrogens is 548 g/mol. The van der Waals surface area contributed by atoms with E-state index in [9.17, 15) is 14.4 Å². The molecule has 0 spiro atoms. The summed E-state index contributed by atoms with van der Waals surface area (Å²) >= 11 is 0. The highest BCUT2D eigenvalue weighted by Crippen LogP contribution is 2.34. The van der Waals surface area contributed by atoms with Crippen molar-refractivity contribution in [3.05, 3.63) is 102 Å². The monoisotopic (exact) mass is 586 g/mol. The predicted octanol–water partition coefficient (Wildman–Crippen LogP) is 6.65. The summed E-state index contributed by atoms with van der Waals surface area (Å²) in [6.07, 6.45) is 6.90. The highest BCUT2D eigenvalue weighted by Gasteiger charge is 2.18. The number of carbonyl (C=O) groups is 3. The van der Waals surface area contributed by atoms with Crippen LogP contribution >= 0.6 is 0 Å². The third kappa shape index (κ3) is 10.1. The van der Waals surface area contributed by atoms with E-state index in [1.807, 2.05) is 12.1 Å². The van der Waals surface area contributed by atoms with Crippen molar-refractivity contribution < 1.29 is 38.4 Å². The fourth-order valence-electron chi connectivity index (χ4n) is 4.12. The first kappa shape index (κ1) is 33.0. The number of aliphatic hydroxyl groups is 1. The summed E-state index contributed by atoms with van der Waals surface area (Å²) in [7, 11) is 1.44. The Morgan fingerprint density at radius 3 is 2.02 bits per heavy atom. The van der Waals surface area contributed by atoms with Crippen molar-refractivity contribution in [2.45, 2.75) is 45.4 Å². The van der Waals surface area contributed by atoms with Crippen LogP contribution in [-0.4, -0.2) is 43.3 Å². The Labute approximate surface area is 252 Å². The van der Waals surface area contributed by atoms with Gasteiger partial charge >= 0.3 is 17.9 Å². The minimum Gasteiger partial charge on any atom is -0.423 e. The zero-order chi connectivity index (χ0) is 31.2. The molecule has 0 amide bonds. The molecule has 0 unspecified atom stereocenters. The number of methoxy groups -OCH3 is 1. The maximum atomic E-state index is 13.1. The van der Waals surface area contributed by atoms with Gasteiger partial charge in [-0.2, -0.15) is 0 Å². The van der Waals surface area contributed by atoms with Crippen LogP contribution in [0.15, 0.2) is 91.0 Å². The minimum atomic E-state index is -0.731. The highest BCUT2D eigenvalue weighted by molar-refractivity contribution is 5.93. The van der Waals surface area contributed by atoms with Crippen molar-refractivity contribution in [2.24, 2.45) is 0 Å². The average Bonchev–Trinajstić information content (AvgIpc) is 3.02. The first-order valence-corrected chi connectivity index (χ1v) is 14.2. The number of carbonyl (C=O) groups excluding carboxylic acids is 3. The third-order valence-electron chi connectivity index (χ3n) is 6.59. The fourth-order valence-corrected chi connectivity index (χ4v) is 4.12. The van der Waals surface area contributed by atoms with E-state index in [0.29, 0.717) is 16.7 Å². The molecule has 226 valence electrons. The quantitative estimate of drug-likeness (QED) is 0.0861. The van der Waals surface area contributed by atoms with Gasteiger partial charge in [-0.1, -0.05) is 76.1 Å². The number of rotatable bonds is 16. The van der Waals surface area contributed by atoms with E-state index in [2.05, 4.69) is 20.1 Å². The van der Waals surface area contributed by atoms with Crippen molar-refractivity contribution in [2.75, 3.05) is 20.3 Å². The van der Waals surface area contributed by atoms with Crippen LogP contribution in [-0.2, 0) is 20.7 Å². The van der Waals surface area contributed by atoms with Gasteiger partial charge in [-0.3, -0.25) is 0 Å². The highest BCUT2D eigenvalue weighted by atomic mass is 16.6. The summed E-state index contributed by atoms with van der Waals surface area (Å²) in [5.41, 5.74) is 2.90. The molecule has 0 aliphatic carbocycles. The van der Waals surface area contributed by atoms with E-state index in [-0.39, 0.29) is 35.0 Å². The normalized spacial score (nSPS) is 10.6. The lowest BCUT2D eigenvalue weighted by Gasteiger charge is -2.14. The summed E-state index contributed by atoms with van der Waals surface area (Å²) < 4.78 is 21.4. The van der Waals surface area contributed by atoms with E-state index in [1.54, 1.807) is 48.5 Å². The molecule has 1 N–H and O–H groups in total. The van der Waals surface area contributed by atoms with Crippen LogP contribution in [0.5, 0.6) is 17.2 Å². The number of aliphatic hydroxyl groups excluding tert-OH is 1. The first-order valence-electron chi connectivity index (χ1n) is 14.2. The van der Waals surface area contributed by atoms with Crippen LogP contribution in [0.2, 0.25) is 0 Å². The van der Waals surface area contributed by atoms with Crippen LogP contribution in [0.1, 0.15) is 54.9 Å². The molecule has 8 nitrogen and oxygen atoms in total. The second-order valence-corrected chi connectivity index (χ2v) is 10.0. The van der Waals surface area contributed by atoms with Gasteiger partial charge in [-0.25, -0.2) is 14.4 Å². The molecule has 0 aromatic heterocycles. The van der Waals surface area contributed by atoms with Crippen LogP contribution in [0.25, 0.3) is 11.1 Å². The van der Waals surface area contributed by atoms with E-state index in [4.69, 9.17) is 24.1 Å². The zero-order valence-corrected chi connectivity index (χ0v) is 24.7. The van der Waals surface area contributed by atoms with E-state index < -0.39 is 24.5 Å². The fraction of sp³-hybridized carbons (Fsp3) is 0.286. The van der Waals surface area contributed by atoms with Gasteiger partial charge in [0.05, 0.1) is 29.9 Å². The Balaban J connectivity index is 1.80. The lowest BCUT2D eigenvalue weighted by molar-refractivity contribution is -0.131. The number of hydrogen-bond acceptors (Lipinski definition) is 8. The summed E-state index contributed by atoms with van der Waals surface area (Å²) in [6.45, 7) is 8.79. The molecule has 0 aliphatic heterocycles. The van der Waals surface area contributed by atoms with Gasteiger partial charge in [0.1, 0.15) is 5.75 Å². The summed E-state index contributed by atoms with van der Waals surface area (Å²) in [6, 6.07) is 18.7. The second kappa shape index (κ2) is 16.8. The number of unbranched alkanes of at least 4 members (excludes halogenated alkanes) is 4. The number of ether oxygens (including phenoxy) is 4. The molecule has 0 radical (unpaired) electrons. The molecule has 0 saturated carbocycles. The van der Waals surface area contributed by atoms with Gasteiger partial charge in [0.25, 0.3) is 0 Å². The number of esters is 3. The largest absolute Gasteiger partial charge is 0.423 e. The minimum absolute atomic E-state index is 0.0143. The maximum absolute atomic E-state index is 13.1. The third-order valence-corrected chi connectivity index (χ3v) is 6.59. The van der Waals surface area contributed by atoms with Gasteiger partial charge in [-0.05, 0) is 65.9 Å². The Morgan fingerprint density at radius 1 is 0.721 bits per heavy atom. The first-order chi connectivity index (χ1) is 20.7. The molecule has 0 bridgehead atoms. The second-order valence-electron chi connectivity index (χ2n) is 10.0. The Bertz CT molecular complexity index is 1420. The molecule has 0 heterocycles. The lowest BCUT2D eigenvalue weighted by Crippen LogP contribution is -2.15. The number of benzene rings is 3. The van der Waals surface area contributed by atoms with Crippen molar-refractivity contribution >= 4 is 17.9 Å². The molecule has 0 aliphatic rings. The standard InChI is InChI=1S/C35H38O8/c1-5-6-7-8-9-10-26-11-13-28(14-12-26)35(39)43-32-21-29(17-20-31(32)42-34(38)25(3)23-40-4)27-15-18-30(19-16-27)41-33(37)24(2)22-36/h11-21,36H,2-3,5-10,22-23H2,1,4H3. The Morgan fingerprint density at radius 2 is 1.37 bits per heavy atom. The van der Waals surface area contributed by atoms with Gasteiger partial charge in [0.15, 0.2) is 11.5 Å². The van der Waals surface area contributed by atoms with Crippen LogP contribution in [0, 0.1) is 0 Å². The summed E-state index contributed by atoms with van der Waals surface area (Å²) in [5, 5.41) is 9.06.